The fourth-order valence-electron chi connectivity index (χ4n) is 4.93. The molecule has 1 N–H and O–H groups in total. The number of anilines is 1. The second kappa shape index (κ2) is 6.35. The van der Waals surface area contributed by atoms with Crippen LogP contribution in [0.5, 0.6) is 0 Å². The van der Waals surface area contributed by atoms with Gasteiger partial charge in [-0.25, -0.2) is 18.7 Å². The van der Waals surface area contributed by atoms with Gasteiger partial charge in [0.2, 0.25) is 5.95 Å². The van der Waals surface area contributed by atoms with Crippen molar-refractivity contribution < 1.29 is 13.6 Å². The van der Waals surface area contributed by atoms with E-state index in [0.29, 0.717) is 40.6 Å². The lowest BCUT2D eigenvalue weighted by Gasteiger charge is -2.50. The first kappa shape index (κ1) is 19.2. The monoisotopic (exact) mass is 429 g/mol. The van der Waals surface area contributed by atoms with E-state index in [9.17, 15) is 18.8 Å². The van der Waals surface area contributed by atoms with E-state index in [1.54, 1.807) is 13.0 Å². The van der Waals surface area contributed by atoms with E-state index in [1.807, 2.05) is 6.07 Å². The Morgan fingerprint density at radius 1 is 1.33 bits per heavy atom. The number of amides is 1. The summed E-state index contributed by atoms with van der Waals surface area (Å²) in [7, 11) is 0. The topological polar surface area (TPSA) is 81.9 Å². The van der Waals surface area contributed by atoms with Gasteiger partial charge >= 0.3 is 0 Å². The van der Waals surface area contributed by atoms with Crippen LogP contribution in [-0.4, -0.2) is 38.3 Å². The van der Waals surface area contributed by atoms with Crippen LogP contribution >= 0.6 is 11.6 Å². The highest BCUT2D eigenvalue weighted by molar-refractivity contribution is 6.30. The Kier molecular flexibility index (Phi) is 4.06. The normalized spacial score (nSPS) is 22.8. The van der Waals surface area contributed by atoms with Gasteiger partial charge in [-0.2, -0.15) is 5.26 Å². The molecule has 154 valence electrons. The highest BCUT2D eigenvalue weighted by Crippen LogP contribution is 2.50. The molecule has 30 heavy (non-hydrogen) atoms. The van der Waals surface area contributed by atoms with E-state index < -0.39 is 11.5 Å². The molecule has 1 saturated carbocycles. The van der Waals surface area contributed by atoms with Crippen molar-refractivity contribution in [2.75, 3.05) is 5.32 Å². The molecule has 0 spiro atoms. The predicted molar refractivity (Wildman–Crippen MR) is 105 cm³/mol. The zero-order valence-corrected chi connectivity index (χ0v) is 16.9. The summed E-state index contributed by atoms with van der Waals surface area (Å²) in [5.74, 6) is -2.63. The zero-order chi connectivity index (χ0) is 21.3. The van der Waals surface area contributed by atoms with Gasteiger partial charge in [-0.05, 0) is 43.0 Å². The number of nitrogens with one attached hydrogen (secondary N) is 1. The molecule has 6 nitrogen and oxygen atoms in total. The van der Waals surface area contributed by atoms with Gasteiger partial charge in [0.15, 0.2) is 0 Å². The summed E-state index contributed by atoms with van der Waals surface area (Å²) in [6.07, 6.45) is 2.13. The minimum Gasteiger partial charge on any atom is -0.351 e. The maximum absolute atomic E-state index is 13.4. The smallest absolute Gasteiger partial charge is 0.258 e. The Morgan fingerprint density at radius 3 is 2.80 bits per heavy atom. The molecule has 2 aromatic rings. The van der Waals surface area contributed by atoms with Crippen molar-refractivity contribution in [3.8, 4) is 6.07 Å². The van der Waals surface area contributed by atoms with Crippen LogP contribution < -0.4 is 5.32 Å². The first-order valence-electron chi connectivity index (χ1n) is 9.71. The van der Waals surface area contributed by atoms with E-state index in [2.05, 4.69) is 21.4 Å². The Bertz CT molecular complexity index is 1120. The molecule has 9 heteroatoms. The number of rotatable bonds is 3. The number of hydrogen-bond acceptors (Lipinski definition) is 5. The van der Waals surface area contributed by atoms with Crippen molar-refractivity contribution in [1.29, 1.82) is 5.26 Å². The minimum absolute atomic E-state index is 0.000310. The van der Waals surface area contributed by atoms with E-state index >= 15 is 0 Å². The zero-order valence-electron chi connectivity index (χ0n) is 16.2. The predicted octanol–water partition coefficient (Wildman–Crippen LogP) is 3.72. The summed E-state index contributed by atoms with van der Waals surface area (Å²) in [5.41, 5.74) is 2.63. The molecule has 3 aliphatic rings. The molecule has 2 aliphatic carbocycles. The summed E-state index contributed by atoms with van der Waals surface area (Å²) >= 11 is 6.10. The third-order valence-electron chi connectivity index (χ3n) is 6.26. The van der Waals surface area contributed by atoms with Crippen molar-refractivity contribution in [1.82, 2.24) is 14.9 Å². The van der Waals surface area contributed by atoms with Gasteiger partial charge in [-0.1, -0.05) is 11.6 Å². The quantitative estimate of drug-likeness (QED) is 0.804. The third kappa shape index (κ3) is 3.00. The van der Waals surface area contributed by atoms with Crippen LogP contribution in [0.25, 0.3) is 0 Å². The SMILES string of the molecule is CC1(N2Cc3nc(N[C@H]4Cc5cc(Cl)cc(C#N)c5C4)ncc3C2=O)CC(F)(F)C1. The molecular formula is C21H18ClF2N5O. The number of fused-ring (bicyclic) bond motifs is 2. The van der Waals surface area contributed by atoms with Crippen molar-refractivity contribution >= 4 is 23.5 Å². The van der Waals surface area contributed by atoms with Crippen LogP contribution in [0.2, 0.25) is 5.02 Å². The molecule has 1 atom stereocenters. The van der Waals surface area contributed by atoms with Crippen LogP contribution in [0.4, 0.5) is 14.7 Å². The Morgan fingerprint density at radius 2 is 2.10 bits per heavy atom. The number of nitriles is 1. The average Bonchev–Trinajstić information content (AvgIpc) is 3.20. The largest absolute Gasteiger partial charge is 0.351 e. The fraction of sp³-hybridized carbons (Fsp3) is 0.429. The Balaban J connectivity index is 1.32. The molecule has 0 unspecified atom stereocenters. The molecule has 0 radical (unpaired) electrons. The van der Waals surface area contributed by atoms with Crippen LogP contribution in [0.1, 0.15) is 52.5 Å². The molecule has 1 aromatic carbocycles. The standard InChI is InChI=1S/C21H18ClF2N5O/c1-20(9-21(23,24)10-20)29-8-17-16(18(29)30)7-26-19(28-17)27-14-4-11-2-13(22)3-12(6-25)15(11)5-14/h2-3,7,14H,4-5,8-10H2,1H3,(H,26,27,28)/t14-/m0/s1. The minimum atomic E-state index is -2.72. The van der Waals surface area contributed by atoms with Crippen LogP contribution in [0, 0.1) is 11.3 Å². The van der Waals surface area contributed by atoms with Gasteiger partial charge in [0.05, 0.1) is 35.0 Å². The van der Waals surface area contributed by atoms with E-state index in [-0.39, 0.29) is 31.3 Å². The highest BCUT2D eigenvalue weighted by Gasteiger charge is 2.59. The number of alkyl halides is 2. The van der Waals surface area contributed by atoms with E-state index in [0.717, 1.165) is 11.1 Å². The molecule has 1 aliphatic heterocycles. The maximum Gasteiger partial charge on any atom is 0.258 e. The number of aromatic nitrogens is 2. The van der Waals surface area contributed by atoms with Gasteiger partial charge in [0.25, 0.3) is 11.8 Å². The van der Waals surface area contributed by atoms with Crippen LogP contribution in [0.3, 0.4) is 0 Å². The summed E-state index contributed by atoms with van der Waals surface area (Å²) in [6.45, 7) is 1.89. The number of hydrogen-bond donors (Lipinski definition) is 1. The summed E-state index contributed by atoms with van der Waals surface area (Å²) in [4.78, 5) is 22.9. The third-order valence-corrected chi connectivity index (χ3v) is 6.48. The molecule has 1 fully saturated rings. The molecular weight excluding hydrogens is 412 g/mol. The number of benzene rings is 1. The van der Waals surface area contributed by atoms with Crippen LogP contribution in [-0.2, 0) is 19.4 Å². The lowest BCUT2D eigenvalue weighted by molar-refractivity contribution is -0.158. The molecule has 0 saturated heterocycles. The summed E-state index contributed by atoms with van der Waals surface area (Å²) in [6, 6.07) is 5.72. The first-order chi connectivity index (χ1) is 14.2. The van der Waals surface area contributed by atoms with Crippen LogP contribution in [0.15, 0.2) is 18.3 Å². The first-order valence-corrected chi connectivity index (χ1v) is 10.1. The molecule has 0 bridgehead atoms. The summed E-state index contributed by atoms with van der Waals surface area (Å²) < 4.78 is 26.8. The van der Waals surface area contributed by atoms with Crippen molar-refractivity contribution in [3.63, 3.8) is 0 Å². The number of carbonyl (C=O) groups excluding carboxylic acids is 1. The molecule has 2 heterocycles. The van der Waals surface area contributed by atoms with E-state index in [4.69, 9.17) is 11.6 Å². The molecule has 1 aromatic heterocycles. The average molecular weight is 430 g/mol. The highest BCUT2D eigenvalue weighted by atomic mass is 35.5. The lowest BCUT2D eigenvalue weighted by atomic mass is 9.73. The second-order valence-electron chi connectivity index (χ2n) is 8.60. The van der Waals surface area contributed by atoms with Crippen molar-refractivity contribution in [3.05, 3.63) is 51.3 Å². The number of halogens is 3. The van der Waals surface area contributed by atoms with Gasteiger partial charge in [0.1, 0.15) is 0 Å². The Labute approximate surface area is 176 Å². The maximum atomic E-state index is 13.4. The number of carbonyl (C=O) groups is 1. The number of nitrogens with zero attached hydrogens (tertiary/aromatic N) is 4. The Hall–Kier alpha value is -2.79. The van der Waals surface area contributed by atoms with Gasteiger partial charge in [0, 0.05) is 30.1 Å². The van der Waals surface area contributed by atoms with E-state index in [1.165, 1.54) is 11.1 Å². The fourth-order valence-corrected chi connectivity index (χ4v) is 5.17. The molecule has 1 amide bonds. The summed E-state index contributed by atoms with van der Waals surface area (Å²) in [5, 5.41) is 13.2. The van der Waals surface area contributed by atoms with Gasteiger partial charge in [-0.15, -0.1) is 0 Å². The van der Waals surface area contributed by atoms with Gasteiger partial charge < -0.3 is 10.2 Å². The lowest BCUT2D eigenvalue weighted by Crippen LogP contribution is -2.60. The second-order valence-corrected chi connectivity index (χ2v) is 9.04. The molecule has 5 rings (SSSR count). The van der Waals surface area contributed by atoms with Crippen molar-refractivity contribution in [2.45, 2.75) is 56.7 Å². The van der Waals surface area contributed by atoms with Gasteiger partial charge in [-0.3, -0.25) is 4.79 Å². The van der Waals surface area contributed by atoms with Crippen molar-refractivity contribution in [2.24, 2.45) is 0 Å².